The van der Waals surface area contributed by atoms with Gasteiger partial charge < -0.3 is 20.0 Å². The third kappa shape index (κ3) is 4.48. The van der Waals surface area contributed by atoms with Crippen molar-refractivity contribution in [2.24, 2.45) is 5.92 Å². The molecule has 0 aromatic rings. The molecule has 0 saturated carbocycles. The quantitative estimate of drug-likeness (QED) is 0.771. The summed E-state index contributed by atoms with van der Waals surface area (Å²) in [5.41, 5.74) is 0. The number of hydrogen-bond acceptors (Lipinski definition) is 3. The first-order valence-electron chi connectivity index (χ1n) is 7.47. The summed E-state index contributed by atoms with van der Waals surface area (Å²) in [6.45, 7) is 5.97. The maximum Gasteiger partial charge on any atom is 0.319 e. The number of rotatable bonds is 1. The highest BCUT2D eigenvalue weighted by Crippen LogP contribution is 2.21. The molecule has 2 fully saturated rings. The van der Waals surface area contributed by atoms with Crippen LogP contribution in [0.3, 0.4) is 0 Å². The van der Waals surface area contributed by atoms with Crippen LogP contribution >= 0.6 is 12.4 Å². The van der Waals surface area contributed by atoms with Crippen molar-refractivity contribution in [2.45, 2.75) is 25.8 Å². The van der Waals surface area contributed by atoms with Crippen LogP contribution in [0.4, 0.5) is 4.79 Å². The number of urea groups is 1. The van der Waals surface area contributed by atoms with E-state index in [9.17, 15) is 9.59 Å². The number of halogens is 1. The van der Waals surface area contributed by atoms with E-state index in [0.717, 1.165) is 32.5 Å². The van der Waals surface area contributed by atoms with Crippen LogP contribution < -0.4 is 5.32 Å². The summed E-state index contributed by atoms with van der Waals surface area (Å²) in [6, 6.07) is 0.426. The Morgan fingerprint density at radius 1 is 1.10 bits per heavy atom. The van der Waals surface area contributed by atoms with Gasteiger partial charge in [-0.3, -0.25) is 4.79 Å². The number of carbonyl (C=O) groups is 2. The van der Waals surface area contributed by atoms with Crippen LogP contribution in [0.15, 0.2) is 0 Å². The normalized spacial score (nSPS) is 23.5. The lowest BCUT2D eigenvalue weighted by molar-refractivity contribution is -0.138. The van der Waals surface area contributed by atoms with E-state index in [1.54, 1.807) is 19.0 Å². The molecule has 7 heteroatoms. The van der Waals surface area contributed by atoms with Crippen molar-refractivity contribution in [1.82, 2.24) is 20.0 Å². The molecule has 3 amide bonds. The van der Waals surface area contributed by atoms with Gasteiger partial charge in [-0.2, -0.15) is 0 Å². The van der Waals surface area contributed by atoms with Crippen LogP contribution in [0.1, 0.15) is 19.8 Å². The molecule has 2 saturated heterocycles. The Morgan fingerprint density at radius 2 is 1.71 bits per heavy atom. The second-order valence-electron chi connectivity index (χ2n) is 6.08. The lowest BCUT2D eigenvalue weighted by Crippen LogP contribution is -2.54. The second-order valence-corrected chi connectivity index (χ2v) is 6.08. The minimum absolute atomic E-state index is 0. The molecular formula is C14H27ClN4O2. The fraction of sp³-hybridized carbons (Fsp3) is 0.857. The van der Waals surface area contributed by atoms with Crippen LogP contribution in [0, 0.1) is 5.92 Å². The van der Waals surface area contributed by atoms with Gasteiger partial charge in [0.25, 0.3) is 0 Å². The van der Waals surface area contributed by atoms with E-state index < -0.39 is 0 Å². The molecule has 1 atom stereocenters. The summed E-state index contributed by atoms with van der Waals surface area (Å²) in [6.07, 6.45) is 1.58. The molecule has 0 bridgehead atoms. The zero-order chi connectivity index (χ0) is 14.7. The van der Waals surface area contributed by atoms with Gasteiger partial charge in [0.05, 0.1) is 0 Å². The van der Waals surface area contributed by atoms with Crippen molar-refractivity contribution in [3.63, 3.8) is 0 Å². The molecule has 1 unspecified atom stereocenters. The SMILES string of the molecule is CC1CN(C(=O)C2CCN(C(=O)N(C)C)CC2)CCN1.Cl. The average molecular weight is 319 g/mol. The Bertz CT molecular complexity index is 370. The molecule has 1 N–H and O–H groups in total. The van der Waals surface area contributed by atoms with E-state index >= 15 is 0 Å². The molecule has 0 aromatic carbocycles. The molecule has 0 aromatic heterocycles. The van der Waals surface area contributed by atoms with Gasteiger partial charge in [-0.25, -0.2) is 4.79 Å². The molecule has 2 aliphatic rings. The van der Waals surface area contributed by atoms with Crippen molar-refractivity contribution >= 4 is 24.3 Å². The van der Waals surface area contributed by atoms with Gasteiger partial charge >= 0.3 is 6.03 Å². The Morgan fingerprint density at radius 3 is 2.24 bits per heavy atom. The van der Waals surface area contributed by atoms with Gasteiger partial charge in [0.15, 0.2) is 0 Å². The summed E-state index contributed by atoms with van der Waals surface area (Å²) in [5.74, 6) is 0.363. The van der Waals surface area contributed by atoms with E-state index in [1.807, 2.05) is 9.80 Å². The zero-order valence-corrected chi connectivity index (χ0v) is 14.0. The van der Waals surface area contributed by atoms with Gasteiger partial charge in [0.1, 0.15) is 0 Å². The third-order valence-electron chi connectivity index (χ3n) is 4.18. The largest absolute Gasteiger partial charge is 0.340 e. The zero-order valence-electron chi connectivity index (χ0n) is 13.2. The van der Waals surface area contributed by atoms with Crippen LogP contribution in [-0.4, -0.2) is 79.5 Å². The van der Waals surface area contributed by atoms with Crippen molar-refractivity contribution in [3.8, 4) is 0 Å². The number of carbonyl (C=O) groups excluding carboxylic acids is 2. The molecule has 21 heavy (non-hydrogen) atoms. The van der Waals surface area contributed by atoms with Crippen LogP contribution in [-0.2, 0) is 4.79 Å². The molecular weight excluding hydrogens is 292 g/mol. The number of nitrogens with zero attached hydrogens (tertiary/aromatic N) is 3. The molecule has 0 radical (unpaired) electrons. The van der Waals surface area contributed by atoms with Crippen molar-refractivity contribution < 1.29 is 9.59 Å². The van der Waals surface area contributed by atoms with E-state index in [0.29, 0.717) is 19.1 Å². The van der Waals surface area contributed by atoms with E-state index in [2.05, 4.69) is 12.2 Å². The second kappa shape index (κ2) is 7.84. The Balaban J connectivity index is 0.00000220. The van der Waals surface area contributed by atoms with Crippen LogP contribution in [0.25, 0.3) is 0 Å². The summed E-state index contributed by atoms with van der Waals surface area (Å²) < 4.78 is 0. The maximum absolute atomic E-state index is 12.5. The Labute approximate surface area is 133 Å². The highest BCUT2D eigenvalue weighted by atomic mass is 35.5. The Kier molecular flexibility index (Phi) is 6.74. The number of piperazine rings is 1. The van der Waals surface area contributed by atoms with E-state index in [1.165, 1.54) is 0 Å². The molecule has 2 rings (SSSR count). The number of amides is 3. The molecule has 6 nitrogen and oxygen atoms in total. The lowest BCUT2D eigenvalue weighted by Gasteiger charge is -2.38. The predicted molar refractivity (Wildman–Crippen MR) is 84.7 cm³/mol. The van der Waals surface area contributed by atoms with Crippen molar-refractivity contribution in [1.29, 1.82) is 0 Å². The molecule has 2 aliphatic heterocycles. The molecule has 2 heterocycles. The fourth-order valence-electron chi connectivity index (χ4n) is 2.99. The fourth-order valence-corrected chi connectivity index (χ4v) is 2.99. The minimum atomic E-state index is 0. The van der Waals surface area contributed by atoms with E-state index in [-0.39, 0.29) is 30.3 Å². The molecule has 122 valence electrons. The first-order chi connectivity index (χ1) is 9.49. The van der Waals surface area contributed by atoms with E-state index in [4.69, 9.17) is 0 Å². The van der Waals surface area contributed by atoms with Gasteiger partial charge in [0, 0.05) is 58.8 Å². The minimum Gasteiger partial charge on any atom is -0.340 e. The Hall–Kier alpha value is -1.01. The topological polar surface area (TPSA) is 55.9 Å². The van der Waals surface area contributed by atoms with Gasteiger partial charge in [-0.05, 0) is 19.8 Å². The highest BCUT2D eigenvalue weighted by molar-refractivity contribution is 5.85. The predicted octanol–water partition coefficient (Wildman–Crippen LogP) is 0.622. The molecule has 0 aliphatic carbocycles. The van der Waals surface area contributed by atoms with Gasteiger partial charge in [-0.1, -0.05) is 0 Å². The monoisotopic (exact) mass is 318 g/mol. The lowest BCUT2D eigenvalue weighted by atomic mass is 9.95. The number of piperidine rings is 1. The number of hydrogen-bond donors (Lipinski definition) is 1. The van der Waals surface area contributed by atoms with Crippen molar-refractivity contribution in [3.05, 3.63) is 0 Å². The first-order valence-corrected chi connectivity index (χ1v) is 7.47. The maximum atomic E-state index is 12.5. The first kappa shape index (κ1) is 18.0. The molecule has 0 spiro atoms. The summed E-state index contributed by atoms with van der Waals surface area (Å²) in [4.78, 5) is 29.8. The summed E-state index contributed by atoms with van der Waals surface area (Å²) in [7, 11) is 3.53. The van der Waals surface area contributed by atoms with Crippen molar-refractivity contribution in [2.75, 3.05) is 46.8 Å². The number of nitrogens with one attached hydrogen (secondary N) is 1. The van der Waals surface area contributed by atoms with Gasteiger partial charge in [-0.15, -0.1) is 12.4 Å². The van der Waals surface area contributed by atoms with Crippen LogP contribution in [0.2, 0.25) is 0 Å². The highest BCUT2D eigenvalue weighted by Gasteiger charge is 2.31. The third-order valence-corrected chi connectivity index (χ3v) is 4.18. The summed E-state index contributed by atoms with van der Waals surface area (Å²) in [5, 5.41) is 3.35. The van der Waals surface area contributed by atoms with Gasteiger partial charge in [0.2, 0.25) is 5.91 Å². The number of likely N-dealkylation sites (tertiary alicyclic amines) is 1. The van der Waals surface area contributed by atoms with Crippen LogP contribution in [0.5, 0.6) is 0 Å². The standard InChI is InChI=1S/C14H26N4O2.ClH/c1-11-10-18(9-6-15-11)13(19)12-4-7-17(8-5-12)14(20)16(2)3;/h11-12,15H,4-10H2,1-3H3;1H. The average Bonchev–Trinajstić information content (AvgIpc) is 2.46. The smallest absolute Gasteiger partial charge is 0.319 e. The summed E-state index contributed by atoms with van der Waals surface area (Å²) >= 11 is 0.